The Hall–Kier alpha value is -1.52. The fourth-order valence-corrected chi connectivity index (χ4v) is 2.88. The monoisotopic (exact) mass is 266 g/mol. The van der Waals surface area contributed by atoms with Gasteiger partial charge in [-0.2, -0.15) is 0 Å². The van der Waals surface area contributed by atoms with E-state index in [-0.39, 0.29) is 0 Å². The summed E-state index contributed by atoms with van der Waals surface area (Å²) in [4.78, 5) is 8.78. The topological polar surface area (TPSA) is 75.3 Å². The summed E-state index contributed by atoms with van der Waals surface area (Å²) in [6.07, 6.45) is -1.33. The summed E-state index contributed by atoms with van der Waals surface area (Å²) in [7, 11) is 0. The van der Waals surface area contributed by atoms with Crippen LogP contribution in [0.25, 0.3) is 5.57 Å². The van der Waals surface area contributed by atoms with E-state index in [1.165, 1.54) is 16.7 Å². The molecule has 4 N–H and O–H groups in total. The lowest BCUT2D eigenvalue weighted by atomic mass is 9.95. The van der Waals surface area contributed by atoms with Crippen molar-refractivity contribution >= 4 is 23.3 Å². The van der Waals surface area contributed by atoms with Crippen LogP contribution in [0.2, 0.25) is 5.02 Å². The number of rotatable bonds is 0. The van der Waals surface area contributed by atoms with Crippen molar-refractivity contribution in [3.8, 4) is 0 Å². The van der Waals surface area contributed by atoms with Crippen molar-refractivity contribution in [3.05, 3.63) is 40.9 Å². The van der Waals surface area contributed by atoms with E-state index in [0.29, 0.717) is 11.8 Å². The Morgan fingerprint density at radius 1 is 1.44 bits per heavy atom. The van der Waals surface area contributed by atoms with E-state index in [1.807, 2.05) is 6.07 Å². The molecular weight excluding hydrogens is 252 g/mol. The molecule has 1 heterocycles. The Morgan fingerprint density at radius 2 is 2.06 bits per heavy atom. The van der Waals surface area contributed by atoms with Crippen LogP contribution >= 0.6 is 11.6 Å². The Morgan fingerprint density at radius 3 is 2.72 bits per heavy atom. The quantitative estimate of drug-likeness (QED) is 0.674. The van der Waals surface area contributed by atoms with Gasteiger partial charge < -0.3 is 16.2 Å². The predicted molar refractivity (Wildman–Crippen MR) is 71.8 cm³/mol. The standard InChI is InChI=1S/C12H12ClN.CH3NO2/c1-7-9-3-2-8(13)4-10(9)12-6-14-5-11(7)12;2-1(3)4/h2-4,11-12,14H,1,5-6H2;2H2,(H,3,4). The van der Waals surface area contributed by atoms with Crippen LogP contribution < -0.4 is 11.1 Å². The average Bonchev–Trinajstić information content (AvgIpc) is 2.83. The van der Waals surface area contributed by atoms with Gasteiger partial charge in [0, 0.05) is 29.9 Å². The van der Waals surface area contributed by atoms with Gasteiger partial charge in [0.15, 0.2) is 0 Å². The molecule has 2 aliphatic rings. The molecule has 0 radical (unpaired) electrons. The number of carboxylic acid groups (broad SMARTS) is 1. The van der Waals surface area contributed by atoms with Gasteiger partial charge in [-0.15, -0.1) is 0 Å². The molecule has 1 amide bonds. The zero-order valence-electron chi connectivity index (χ0n) is 9.82. The molecule has 0 aromatic heterocycles. The molecular formula is C13H15ClN2O2. The van der Waals surface area contributed by atoms with Gasteiger partial charge >= 0.3 is 6.09 Å². The third-order valence-electron chi connectivity index (χ3n) is 3.42. The average molecular weight is 267 g/mol. The Kier molecular flexibility index (Phi) is 3.59. The number of fused-ring (bicyclic) bond motifs is 3. The number of hydrogen-bond donors (Lipinski definition) is 3. The second-order valence-electron chi connectivity index (χ2n) is 4.47. The fourth-order valence-electron chi connectivity index (χ4n) is 2.70. The number of carbonyl (C=O) groups is 1. The minimum Gasteiger partial charge on any atom is -0.465 e. The number of hydrogen-bond acceptors (Lipinski definition) is 2. The van der Waals surface area contributed by atoms with Crippen LogP contribution in [0.1, 0.15) is 17.0 Å². The van der Waals surface area contributed by atoms with E-state index in [1.54, 1.807) is 0 Å². The molecule has 1 aromatic rings. The van der Waals surface area contributed by atoms with Crippen LogP contribution in [-0.4, -0.2) is 24.3 Å². The number of amides is 1. The molecule has 2 unspecified atom stereocenters. The van der Waals surface area contributed by atoms with Gasteiger partial charge in [-0.3, -0.25) is 0 Å². The molecule has 18 heavy (non-hydrogen) atoms. The van der Waals surface area contributed by atoms with E-state index in [9.17, 15) is 0 Å². The van der Waals surface area contributed by atoms with Crippen LogP contribution in [0.15, 0.2) is 24.8 Å². The van der Waals surface area contributed by atoms with Gasteiger partial charge in [0.25, 0.3) is 0 Å². The highest BCUT2D eigenvalue weighted by Gasteiger charge is 2.38. The first-order valence-electron chi connectivity index (χ1n) is 5.68. The fraction of sp³-hybridized carbons (Fsp3) is 0.308. The SMILES string of the molecule is C=C1c2ccc(Cl)cc2C2CNCC12.NC(=O)O. The van der Waals surface area contributed by atoms with Crippen LogP contribution in [0, 0.1) is 5.92 Å². The Labute approximate surface area is 110 Å². The van der Waals surface area contributed by atoms with E-state index < -0.39 is 6.09 Å². The summed E-state index contributed by atoms with van der Waals surface area (Å²) >= 11 is 6.01. The Balaban J connectivity index is 0.000000267. The lowest BCUT2D eigenvalue weighted by Crippen LogP contribution is -2.09. The highest BCUT2D eigenvalue weighted by molar-refractivity contribution is 6.30. The summed E-state index contributed by atoms with van der Waals surface area (Å²) in [5.41, 5.74) is 8.02. The first kappa shape index (κ1) is 12.9. The highest BCUT2D eigenvalue weighted by atomic mass is 35.5. The van der Waals surface area contributed by atoms with Crippen molar-refractivity contribution in [2.75, 3.05) is 13.1 Å². The number of benzene rings is 1. The smallest absolute Gasteiger partial charge is 0.402 e. The summed E-state index contributed by atoms with van der Waals surface area (Å²) in [5.74, 6) is 1.21. The molecule has 5 heteroatoms. The molecule has 3 rings (SSSR count). The van der Waals surface area contributed by atoms with Gasteiger partial charge in [0.05, 0.1) is 0 Å². The second-order valence-corrected chi connectivity index (χ2v) is 4.90. The first-order valence-corrected chi connectivity index (χ1v) is 6.06. The predicted octanol–water partition coefficient (Wildman–Crippen LogP) is 2.29. The first-order chi connectivity index (χ1) is 8.50. The Bertz CT molecular complexity index is 498. The normalized spacial score (nSPS) is 23.9. The summed E-state index contributed by atoms with van der Waals surface area (Å²) < 4.78 is 0. The van der Waals surface area contributed by atoms with Crippen LogP contribution in [-0.2, 0) is 0 Å². The van der Waals surface area contributed by atoms with Crippen molar-refractivity contribution in [3.63, 3.8) is 0 Å². The van der Waals surface area contributed by atoms with Crippen molar-refractivity contribution < 1.29 is 9.90 Å². The van der Waals surface area contributed by atoms with Crippen molar-refractivity contribution in [1.29, 1.82) is 0 Å². The third kappa shape index (κ3) is 2.35. The highest BCUT2D eigenvalue weighted by Crippen LogP contribution is 2.47. The maximum absolute atomic E-state index is 8.78. The molecule has 0 saturated carbocycles. The summed E-state index contributed by atoms with van der Waals surface area (Å²) in [6.45, 7) is 6.32. The van der Waals surface area contributed by atoms with Gasteiger partial charge in [-0.1, -0.05) is 24.2 Å². The summed E-state index contributed by atoms with van der Waals surface area (Å²) in [6, 6.07) is 6.16. The summed E-state index contributed by atoms with van der Waals surface area (Å²) in [5, 5.41) is 11.4. The van der Waals surface area contributed by atoms with Crippen LogP contribution in [0.3, 0.4) is 0 Å². The molecule has 1 aromatic carbocycles. The molecule has 96 valence electrons. The molecule has 4 nitrogen and oxygen atoms in total. The van der Waals surface area contributed by atoms with Crippen LogP contribution in [0.4, 0.5) is 4.79 Å². The van der Waals surface area contributed by atoms with E-state index >= 15 is 0 Å². The molecule has 1 saturated heterocycles. The number of nitrogens with one attached hydrogen (secondary N) is 1. The van der Waals surface area contributed by atoms with Crippen molar-refractivity contribution in [2.24, 2.45) is 11.7 Å². The van der Waals surface area contributed by atoms with E-state index in [0.717, 1.165) is 18.1 Å². The van der Waals surface area contributed by atoms with Gasteiger partial charge in [0.2, 0.25) is 0 Å². The van der Waals surface area contributed by atoms with E-state index in [4.69, 9.17) is 21.5 Å². The van der Waals surface area contributed by atoms with E-state index in [2.05, 4.69) is 29.8 Å². The molecule has 1 aliphatic carbocycles. The zero-order chi connectivity index (χ0) is 13.3. The van der Waals surface area contributed by atoms with Gasteiger partial charge in [-0.25, -0.2) is 4.79 Å². The molecule has 1 fully saturated rings. The molecule has 0 bridgehead atoms. The molecule has 2 atom stereocenters. The number of primary amides is 1. The third-order valence-corrected chi connectivity index (χ3v) is 3.66. The van der Waals surface area contributed by atoms with Crippen molar-refractivity contribution in [2.45, 2.75) is 5.92 Å². The maximum atomic E-state index is 8.78. The lowest BCUT2D eigenvalue weighted by molar-refractivity contribution is 0.205. The maximum Gasteiger partial charge on any atom is 0.402 e. The van der Waals surface area contributed by atoms with Gasteiger partial charge in [0.1, 0.15) is 0 Å². The minimum atomic E-state index is -1.33. The lowest BCUT2D eigenvalue weighted by Gasteiger charge is -2.07. The molecule has 1 aliphatic heterocycles. The minimum absolute atomic E-state index is 0.600. The molecule has 0 spiro atoms. The zero-order valence-corrected chi connectivity index (χ0v) is 10.6. The van der Waals surface area contributed by atoms with Crippen molar-refractivity contribution in [1.82, 2.24) is 5.32 Å². The van der Waals surface area contributed by atoms with Gasteiger partial charge in [-0.05, 0) is 28.8 Å². The van der Waals surface area contributed by atoms with Crippen LogP contribution in [0.5, 0.6) is 0 Å². The number of halogens is 1. The largest absolute Gasteiger partial charge is 0.465 e. The number of nitrogens with two attached hydrogens (primary N) is 1. The second kappa shape index (κ2) is 5.00.